The first kappa shape index (κ1) is 15.7. The Labute approximate surface area is 120 Å². The molecule has 2 unspecified atom stereocenters. The number of ether oxygens (including phenoxy) is 1. The molecule has 1 aliphatic carbocycles. The van der Waals surface area contributed by atoms with Gasteiger partial charge in [0, 0.05) is 19.1 Å². The average molecular weight is 285 g/mol. The van der Waals surface area contributed by atoms with Crippen molar-refractivity contribution in [3.05, 3.63) is 0 Å². The minimum absolute atomic E-state index is 0.205. The van der Waals surface area contributed by atoms with E-state index >= 15 is 0 Å². The van der Waals surface area contributed by atoms with Crippen molar-refractivity contribution in [3.8, 4) is 0 Å². The first-order valence-electron chi connectivity index (χ1n) is 7.74. The Balaban J connectivity index is 1.92. The first-order valence-corrected chi connectivity index (χ1v) is 7.74. The van der Waals surface area contributed by atoms with E-state index in [4.69, 9.17) is 9.84 Å². The lowest BCUT2D eigenvalue weighted by atomic mass is 9.78. The van der Waals surface area contributed by atoms with Crippen LogP contribution in [0, 0.1) is 5.92 Å². The van der Waals surface area contributed by atoms with Gasteiger partial charge >= 0.3 is 5.97 Å². The molecular weight excluding hydrogens is 258 g/mol. The van der Waals surface area contributed by atoms with E-state index in [-0.39, 0.29) is 12.0 Å². The molecule has 0 radical (unpaired) electrons. The van der Waals surface area contributed by atoms with Gasteiger partial charge in [0.1, 0.15) is 0 Å². The van der Waals surface area contributed by atoms with Crippen LogP contribution in [0.1, 0.15) is 46.0 Å². The molecule has 1 heterocycles. The van der Waals surface area contributed by atoms with Gasteiger partial charge in [0.25, 0.3) is 0 Å². The molecule has 5 nitrogen and oxygen atoms in total. The van der Waals surface area contributed by atoms with Gasteiger partial charge in [0.05, 0.1) is 24.2 Å². The third-order valence-electron chi connectivity index (χ3n) is 4.82. The lowest BCUT2D eigenvalue weighted by Crippen LogP contribution is -2.55. The van der Waals surface area contributed by atoms with Gasteiger partial charge in [-0.25, -0.2) is 0 Å². The van der Waals surface area contributed by atoms with Crippen LogP contribution in [0.15, 0.2) is 0 Å². The Hall–Kier alpha value is -0.650. The van der Waals surface area contributed by atoms with Gasteiger partial charge in [-0.2, -0.15) is 0 Å². The summed E-state index contributed by atoms with van der Waals surface area (Å²) in [5.74, 6) is -1.00. The Morgan fingerprint density at radius 1 is 1.40 bits per heavy atom. The average Bonchev–Trinajstić information content (AvgIpc) is 2.39. The molecule has 0 bridgehead atoms. The highest BCUT2D eigenvalue weighted by atomic mass is 16.5. The van der Waals surface area contributed by atoms with Crippen LogP contribution in [0.4, 0.5) is 0 Å². The van der Waals surface area contributed by atoms with E-state index in [0.717, 1.165) is 19.6 Å². The Kier molecular flexibility index (Phi) is 5.04. The molecule has 0 aromatic rings. The number of β-amino-alcohol motifs (C(OH)–C–C–N with tert-alkyl or cyclic N) is 1. The summed E-state index contributed by atoms with van der Waals surface area (Å²) in [6.45, 7) is 6.42. The zero-order chi connectivity index (χ0) is 14.8. The van der Waals surface area contributed by atoms with E-state index in [1.54, 1.807) is 0 Å². The number of nitrogens with zero attached hydrogens (tertiary/aromatic N) is 1. The normalized spacial score (nSPS) is 39.6. The van der Waals surface area contributed by atoms with Crippen LogP contribution in [0.3, 0.4) is 0 Å². The molecule has 20 heavy (non-hydrogen) atoms. The summed E-state index contributed by atoms with van der Waals surface area (Å²) in [6.07, 6.45) is 3.57. The summed E-state index contributed by atoms with van der Waals surface area (Å²) in [6, 6.07) is 0.368. The van der Waals surface area contributed by atoms with Gasteiger partial charge < -0.3 is 14.9 Å². The van der Waals surface area contributed by atoms with E-state index in [2.05, 4.69) is 18.7 Å². The van der Waals surface area contributed by atoms with Crippen LogP contribution >= 0.6 is 0 Å². The predicted octanol–water partition coefficient (Wildman–Crippen LogP) is 1.49. The fourth-order valence-corrected chi connectivity index (χ4v) is 3.42. The summed E-state index contributed by atoms with van der Waals surface area (Å²) < 4.78 is 5.68. The van der Waals surface area contributed by atoms with Crippen molar-refractivity contribution >= 4 is 5.97 Å². The van der Waals surface area contributed by atoms with Crippen LogP contribution in [0.2, 0.25) is 0 Å². The molecule has 0 amide bonds. The van der Waals surface area contributed by atoms with Gasteiger partial charge in [-0.1, -0.05) is 6.92 Å². The van der Waals surface area contributed by atoms with Crippen molar-refractivity contribution in [2.24, 2.45) is 5.92 Å². The molecular formula is C15H27NO4. The van der Waals surface area contributed by atoms with E-state index in [0.29, 0.717) is 38.3 Å². The lowest BCUT2D eigenvalue weighted by molar-refractivity contribution is -0.146. The maximum atomic E-state index is 11.0. The van der Waals surface area contributed by atoms with Crippen LogP contribution in [0.5, 0.6) is 0 Å². The summed E-state index contributed by atoms with van der Waals surface area (Å²) >= 11 is 0. The van der Waals surface area contributed by atoms with E-state index in [9.17, 15) is 9.90 Å². The third kappa shape index (κ3) is 3.71. The van der Waals surface area contributed by atoms with Crippen molar-refractivity contribution in [2.75, 3.05) is 19.7 Å². The number of carboxylic acids is 1. The van der Waals surface area contributed by atoms with Gasteiger partial charge in [-0.15, -0.1) is 0 Å². The topological polar surface area (TPSA) is 70.0 Å². The summed E-state index contributed by atoms with van der Waals surface area (Å²) in [5, 5.41) is 19.8. The molecule has 2 aliphatic rings. The molecule has 116 valence electrons. The molecule has 2 rings (SSSR count). The molecule has 2 N–H and O–H groups in total. The Morgan fingerprint density at radius 3 is 2.60 bits per heavy atom. The van der Waals surface area contributed by atoms with Crippen molar-refractivity contribution < 1.29 is 19.7 Å². The summed E-state index contributed by atoms with van der Waals surface area (Å²) in [7, 11) is 0. The SMILES string of the molecule is CCC1COC(C)CN1CC1(O)CCC(C(=O)O)CC1. The summed E-state index contributed by atoms with van der Waals surface area (Å²) in [4.78, 5) is 13.3. The van der Waals surface area contributed by atoms with Crippen molar-refractivity contribution in [1.82, 2.24) is 4.90 Å². The number of hydrogen-bond acceptors (Lipinski definition) is 4. The van der Waals surface area contributed by atoms with E-state index < -0.39 is 11.6 Å². The van der Waals surface area contributed by atoms with Crippen molar-refractivity contribution in [2.45, 2.75) is 63.7 Å². The Morgan fingerprint density at radius 2 is 2.05 bits per heavy atom. The van der Waals surface area contributed by atoms with E-state index in [1.807, 2.05) is 0 Å². The van der Waals surface area contributed by atoms with Crippen LogP contribution in [0.25, 0.3) is 0 Å². The van der Waals surface area contributed by atoms with Crippen LogP contribution < -0.4 is 0 Å². The van der Waals surface area contributed by atoms with Gasteiger partial charge in [-0.05, 0) is 39.0 Å². The van der Waals surface area contributed by atoms with Crippen molar-refractivity contribution in [3.63, 3.8) is 0 Å². The molecule has 2 fully saturated rings. The largest absolute Gasteiger partial charge is 0.481 e. The fourth-order valence-electron chi connectivity index (χ4n) is 3.42. The second kappa shape index (κ2) is 6.41. The maximum absolute atomic E-state index is 11.0. The predicted molar refractivity (Wildman–Crippen MR) is 75.6 cm³/mol. The standard InChI is InChI=1S/C15H27NO4/c1-3-13-9-20-11(2)8-16(13)10-15(19)6-4-12(5-7-15)14(17)18/h11-13,19H,3-10H2,1-2H3,(H,17,18). The highest BCUT2D eigenvalue weighted by molar-refractivity contribution is 5.70. The molecule has 2 atom stereocenters. The van der Waals surface area contributed by atoms with Gasteiger partial charge in [0.15, 0.2) is 0 Å². The van der Waals surface area contributed by atoms with Crippen molar-refractivity contribution in [1.29, 1.82) is 0 Å². The number of aliphatic hydroxyl groups is 1. The lowest BCUT2D eigenvalue weighted by Gasteiger charge is -2.44. The molecule has 0 spiro atoms. The van der Waals surface area contributed by atoms with E-state index in [1.165, 1.54) is 0 Å². The number of carbonyl (C=O) groups is 1. The monoisotopic (exact) mass is 285 g/mol. The second-order valence-electron chi connectivity index (χ2n) is 6.47. The number of hydrogen-bond donors (Lipinski definition) is 2. The van der Waals surface area contributed by atoms with Crippen LogP contribution in [-0.2, 0) is 9.53 Å². The number of morpholine rings is 1. The quantitative estimate of drug-likeness (QED) is 0.819. The molecule has 1 saturated carbocycles. The summed E-state index contributed by atoms with van der Waals surface area (Å²) in [5.41, 5.74) is -0.726. The molecule has 0 aromatic heterocycles. The molecule has 1 aliphatic heterocycles. The molecule has 5 heteroatoms. The number of aliphatic carboxylic acids is 1. The zero-order valence-corrected chi connectivity index (χ0v) is 12.5. The highest BCUT2D eigenvalue weighted by Gasteiger charge is 2.39. The minimum Gasteiger partial charge on any atom is -0.481 e. The molecule has 0 aromatic carbocycles. The van der Waals surface area contributed by atoms with Crippen LogP contribution in [-0.4, -0.2) is 58.5 Å². The van der Waals surface area contributed by atoms with Gasteiger partial charge in [-0.3, -0.25) is 9.69 Å². The number of carboxylic acid groups (broad SMARTS) is 1. The Bertz CT molecular complexity index is 339. The van der Waals surface area contributed by atoms with Gasteiger partial charge in [0.2, 0.25) is 0 Å². The maximum Gasteiger partial charge on any atom is 0.306 e. The molecule has 1 saturated heterocycles. The smallest absolute Gasteiger partial charge is 0.306 e. The minimum atomic E-state index is -0.726. The third-order valence-corrected chi connectivity index (χ3v) is 4.82. The highest BCUT2D eigenvalue weighted by Crippen LogP contribution is 2.34. The first-order chi connectivity index (χ1) is 9.43. The number of rotatable bonds is 4. The second-order valence-corrected chi connectivity index (χ2v) is 6.47. The fraction of sp³-hybridized carbons (Fsp3) is 0.933. The zero-order valence-electron chi connectivity index (χ0n) is 12.5.